The topological polar surface area (TPSA) is 129 Å². The molecule has 4 rings (SSSR count). The zero-order chi connectivity index (χ0) is 23.5. The first-order valence-electron chi connectivity index (χ1n) is 9.80. The van der Waals surface area contributed by atoms with Crippen molar-refractivity contribution in [3.63, 3.8) is 0 Å². The number of aromatic nitrogens is 1. The first-order valence-corrected chi connectivity index (χ1v) is 9.80. The minimum atomic E-state index is -1.52. The highest BCUT2D eigenvalue weighted by molar-refractivity contribution is 5.97. The summed E-state index contributed by atoms with van der Waals surface area (Å²) in [7, 11) is 0. The van der Waals surface area contributed by atoms with E-state index in [0.29, 0.717) is 5.56 Å². The maximum Gasteiger partial charge on any atom is 0.341 e. The number of carboxylic acid groups (broad SMARTS) is 1. The number of aryl methyl sites for hydroxylation is 2. The van der Waals surface area contributed by atoms with Crippen LogP contribution in [0.4, 0.5) is 20.2 Å². The summed E-state index contributed by atoms with van der Waals surface area (Å²) < 4.78 is 30.7. The van der Waals surface area contributed by atoms with Gasteiger partial charge in [0.15, 0.2) is 5.82 Å². The molecule has 5 N–H and O–H groups in total. The maximum atomic E-state index is 15.4. The van der Waals surface area contributed by atoms with Crippen molar-refractivity contribution < 1.29 is 28.9 Å². The Bertz CT molecular complexity index is 1350. The Balaban J connectivity index is 2.21. The molecule has 32 heavy (non-hydrogen) atoms. The van der Waals surface area contributed by atoms with Crippen molar-refractivity contribution in [1.82, 2.24) is 4.57 Å². The van der Waals surface area contributed by atoms with E-state index in [2.05, 4.69) is 0 Å². The lowest BCUT2D eigenvalue weighted by atomic mass is 9.97. The zero-order valence-electron chi connectivity index (χ0n) is 17.3. The lowest BCUT2D eigenvalue weighted by Crippen LogP contribution is -2.51. The molecule has 0 amide bonds. The van der Waals surface area contributed by atoms with Gasteiger partial charge in [0.2, 0.25) is 5.43 Å². The van der Waals surface area contributed by atoms with Crippen LogP contribution in [-0.4, -0.2) is 45.0 Å². The van der Waals surface area contributed by atoms with Crippen LogP contribution < -0.4 is 16.1 Å². The molecular formula is C22H21F2N3O5. The number of nitrogens with two attached hydrogens (primary N) is 1. The van der Waals surface area contributed by atoms with Crippen molar-refractivity contribution >= 4 is 28.2 Å². The van der Waals surface area contributed by atoms with Crippen LogP contribution in [0.5, 0.6) is 0 Å². The molecule has 10 heteroatoms. The Morgan fingerprint density at radius 2 is 1.88 bits per heavy atom. The summed E-state index contributed by atoms with van der Waals surface area (Å²) >= 11 is 0. The van der Waals surface area contributed by atoms with E-state index in [9.17, 15) is 29.3 Å². The molecule has 168 valence electrons. The molecule has 1 aromatic heterocycles. The summed E-state index contributed by atoms with van der Waals surface area (Å²) in [6, 6.07) is 2.25. The number of fused-ring (bicyclic) bond motifs is 1. The fourth-order valence-electron chi connectivity index (χ4n) is 4.22. The third-order valence-corrected chi connectivity index (χ3v) is 5.87. The van der Waals surface area contributed by atoms with Crippen molar-refractivity contribution in [3.05, 3.63) is 62.4 Å². The summed E-state index contributed by atoms with van der Waals surface area (Å²) in [5.74, 6) is -2.97. The number of hydrogen-bond acceptors (Lipinski definition) is 6. The van der Waals surface area contributed by atoms with E-state index in [4.69, 9.17) is 5.73 Å². The molecule has 3 aromatic rings. The largest absolute Gasteiger partial charge is 0.477 e. The van der Waals surface area contributed by atoms with Gasteiger partial charge in [-0.05, 0) is 26.0 Å². The molecule has 0 atom stereocenters. The number of anilines is 2. The number of nitrogens with zero attached hydrogens (tertiary/aromatic N) is 2. The van der Waals surface area contributed by atoms with Gasteiger partial charge in [-0.2, -0.15) is 0 Å². The van der Waals surface area contributed by atoms with Crippen LogP contribution in [0.25, 0.3) is 16.6 Å². The van der Waals surface area contributed by atoms with Crippen LogP contribution in [0, 0.1) is 25.5 Å². The second-order valence-corrected chi connectivity index (χ2v) is 7.90. The number of hydrogen-bond donors (Lipinski definition) is 4. The lowest BCUT2D eigenvalue weighted by molar-refractivity contribution is 0.0695. The first-order chi connectivity index (χ1) is 15.1. The van der Waals surface area contributed by atoms with Gasteiger partial charge >= 0.3 is 5.97 Å². The molecule has 0 unspecified atom stereocenters. The van der Waals surface area contributed by atoms with Crippen LogP contribution in [0.15, 0.2) is 23.1 Å². The van der Waals surface area contributed by atoms with Gasteiger partial charge in [0.05, 0.1) is 40.7 Å². The molecule has 2 aromatic carbocycles. The van der Waals surface area contributed by atoms with Crippen LogP contribution >= 0.6 is 0 Å². The summed E-state index contributed by atoms with van der Waals surface area (Å²) in [4.78, 5) is 26.4. The molecular weight excluding hydrogens is 424 g/mol. The number of nitrogen functional groups attached to an aromatic ring is 1. The fraction of sp³-hybridized carbons (Fsp3) is 0.273. The monoisotopic (exact) mass is 445 g/mol. The Morgan fingerprint density at radius 1 is 1.22 bits per heavy atom. The minimum Gasteiger partial charge on any atom is -0.477 e. The predicted octanol–water partition coefficient (Wildman–Crippen LogP) is 1.84. The molecule has 1 aliphatic heterocycles. The Kier molecular flexibility index (Phi) is 5.14. The van der Waals surface area contributed by atoms with E-state index in [0.717, 1.165) is 12.3 Å². The van der Waals surface area contributed by atoms with E-state index in [1.54, 1.807) is 11.8 Å². The number of benzene rings is 2. The molecule has 0 saturated carbocycles. The van der Waals surface area contributed by atoms with Crippen LogP contribution in [0.3, 0.4) is 0 Å². The standard InChI is InChI=1S/C22H21F2N3O5/c1-9-17-19(10(2)20(18(9)24)26-5-12(29)6-26)27(7-13(21(17)30)22(31)32)16-4-15(25)14(23)3-11(16)8-28/h3-4,7,12,28-29H,5-6,8,25H2,1-2H3,(H,31,32). The predicted molar refractivity (Wildman–Crippen MR) is 114 cm³/mol. The van der Waals surface area contributed by atoms with E-state index in [1.807, 2.05) is 0 Å². The quantitative estimate of drug-likeness (QED) is 0.451. The van der Waals surface area contributed by atoms with E-state index in [1.165, 1.54) is 17.6 Å². The Labute approximate surface area is 180 Å². The molecule has 0 aliphatic carbocycles. The highest BCUT2D eigenvalue weighted by Gasteiger charge is 2.32. The number of carboxylic acids is 1. The van der Waals surface area contributed by atoms with Gasteiger partial charge in [0.25, 0.3) is 0 Å². The molecule has 0 spiro atoms. The SMILES string of the molecule is Cc1c(F)c(N2CC(O)C2)c(C)c2c1c(=O)c(C(=O)O)cn2-c1cc(N)c(F)cc1CO. The van der Waals surface area contributed by atoms with E-state index < -0.39 is 41.3 Å². The van der Waals surface area contributed by atoms with Gasteiger partial charge in [-0.3, -0.25) is 4.79 Å². The Hall–Kier alpha value is -3.50. The summed E-state index contributed by atoms with van der Waals surface area (Å²) in [5.41, 5.74) is 4.92. The lowest BCUT2D eigenvalue weighted by Gasteiger charge is -2.39. The summed E-state index contributed by atoms with van der Waals surface area (Å²) in [6.45, 7) is 2.76. The van der Waals surface area contributed by atoms with Gasteiger partial charge in [-0.15, -0.1) is 0 Å². The molecule has 1 aliphatic rings. The van der Waals surface area contributed by atoms with Crippen LogP contribution in [0.2, 0.25) is 0 Å². The average molecular weight is 445 g/mol. The zero-order valence-corrected chi connectivity index (χ0v) is 17.3. The second kappa shape index (κ2) is 7.57. The fourth-order valence-corrected chi connectivity index (χ4v) is 4.22. The second-order valence-electron chi connectivity index (χ2n) is 7.90. The number of halogens is 2. The van der Waals surface area contributed by atoms with Crippen LogP contribution in [0.1, 0.15) is 27.0 Å². The highest BCUT2D eigenvalue weighted by Crippen LogP contribution is 2.37. The van der Waals surface area contributed by atoms with Gasteiger partial charge < -0.3 is 30.5 Å². The number of rotatable bonds is 4. The van der Waals surface area contributed by atoms with Crippen molar-refractivity contribution in [2.24, 2.45) is 0 Å². The molecule has 8 nitrogen and oxygen atoms in total. The van der Waals surface area contributed by atoms with Crippen molar-refractivity contribution in [2.45, 2.75) is 26.6 Å². The maximum absolute atomic E-state index is 15.4. The van der Waals surface area contributed by atoms with Crippen LogP contribution in [-0.2, 0) is 6.61 Å². The number of β-amino-alcohol motifs (C(OH)–C–C–N with tert-alkyl or cyclic N) is 1. The number of aromatic carboxylic acids is 1. The first kappa shape index (κ1) is 21.7. The number of carbonyl (C=O) groups is 1. The minimum absolute atomic E-state index is 0.0514. The molecule has 1 saturated heterocycles. The third kappa shape index (κ3) is 3.10. The normalized spacial score (nSPS) is 14.1. The number of aliphatic hydroxyl groups is 2. The van der Waals surface area contributed by atoms with Crippen molar-refractivity contribution in [3.8, 4) is 5.69 Å². The summed E-state index contributed by atoms with van der Waals surface area (Å²) in [5, 5.41) is 28.9. The Morgan fingerprint density at radius 3 is 2.44 bits per heavy atom. The smallest absolute Gasteiger partial charge is 0.341 e. The number of pyridine rings is 1. The molecule has 2 heterocycles. The highest BCUT2D eigenvalue weighted by atomic mass is 19.1. The molecule has 0 radical (unpaired) electrons. The van der Waals surface area contributed by atoms with Gasteiger partial charge in [0, 0.05) is 36.0 Å². The van der Waals surface area contributed by atoms with E-state index in [-0.39, 0.29) is 52.2 Å². The summed E-state index contributed by atoms with van der Waals surface area (Å²) in [6.07, 6.45) is 0.456. The number of aliphatic hydroxyl groups excluding tert-OH is 2. The van der Waals surface area contributed by atoms with Gasteiger partial charge in [-0.25, -0.2) is 13.6 Å². The van der Waals surface area contributed by atoms with Crippen molar-refractivity contribution in [2.75, 3.05) is 23.7 Å². The van der Waals surface area contributed by atoms with Crippen molar-refractivity contribution in [1.29, 1.82) is 0 Å². The molecule has 0 bridgehead atoms. The average Bonchev–Trinajstić information content (AvgIpc) is 2.72. The molecule has 1 fully saturated rings. The third-order valence-electron chi connectivity index (χ3n) is 5.87. The van der Waals surface area contributed by atoms with Gasteiger partial charge in [-0.1, -0.05) is 0 Å². The van der Waals surface area contributed by atoms with E-state index >= 15 is 4.39 Å². The van der Waals surface area contributed by atoms with Gasteiger partial charge in [0.1, 0.15) is 11.4 Å².